The minimum absolute atomic E-state index is 0.180. The summed E-state index contributed by atoms with van der Waals surface area (Å²) >= 11 is 16.6. The Morgan fingerprint density at radius 3 is 2.43 bits per heavy atom. The van der Waals surface area contributed by atoms with Crippen LogP contribution in [-0.2, 0) is 17.9 Å². The van der Waals surface area contributed by atoms with E-state index in [4.69, 9.17) is 32.7 Å². The number of hydrogen-bond donors (Lipinski definition) is 0. The summed E-state index contributed by atoms with van der Waals surface area (Å²) in [5, 5.41) is 0.893. The number of imide groups is 1. The van der Waals surface area contributed by atoms with E-state index in [1.807, 2.05) is 31.2 Å². The van der Waals surface area contributed by atoms with Gasteiger partial charge < -0.3 is 9.47 Å². The van der Waals surface area contributed by atoms with Crippen molar-refractivity contribution >= 4 is 68.1 Å². The summed E-state index contributed by atoms with van der Waals surface area (Å²) in [6.07, 6.45) is 1.68. The highest BCUT2D eigenvalue weighted by molar-refractivity contribution is 9.10. The number of hydrogen-bond acceptors (Lipinski definition) is 5. The second kappa shape index (κ2) is 11.5. The van der Waals surface area contributed by atoms with Crippen LogP contribution < -0.4 is 9.47 Å². The van der Waals surface area contributed by atoms with E-state index in [2.05, 4.69) is 15.9 Å². The lowest BCUT2D eigenvalue weighted by atomic mass is 10.1. The minimum atomic E-state index is -0.348. The molecule has 3 aromatic rings. The number of ether oxygens (including phenoxy) is 2. The lowest BCUT2D eigenvalue weighted by molar-refractivity contribution is -0.123. The fourth-order valence-corrected chi connectivity index (χ4v) is 4.95. The quantitative estimate of drug-likeness (QED) is 0.248. The maximum absolute atomic E-state index is 13.0. The third-order valence-corrected chi connectivity index (χ3v) is 7.33. The number of benzene rings is 3. The molecule has 0 radical (unpaired) electrons. The van der Waals surface area contributed by atoms with Crippen molar-refractivity contribution in [1.29, 1.82) is 0 Å². The number of nitrogens with zero attached hydrogens (tertiary/aromatic N) is 1. The summed E-state index contributed by atoms with van der Waals surface area (Å²) < 4.78 is 12.5. The Morgan fingerprint density at radius 1 is 1.00 bits per heavy atom. The molecule has 0 saturated carbocycles. The molecule has 1 aliphatic heterocycles. The maximum atomic E-state index is 13.0. The van der Waals surface area contributed by atoms with Crippen molar-refractivity contribution < 1.29 is 19.1 Å². The monoisotopic (exact) mass is 591 g/mol. The Kier molecular flexibility index (Phi) is 8.44. The van der Waals surface area contributed by atoms with Gasteiger partial charge in [0.1, 0.15) is 6.61 Å². The Bertz CT molecular complexity index is 1300. The largest absolute Gasteiger partial charge is 0.490 e. The normalized spacial score (nSPS) is 14.6. The van der Waals surface area contributed by atoms with Gasteiger partial charge in [0.05, 0.1) is 18.1 Å². The van der Waals surface area contributed by atoms with E-state index in [1.165, 1.54) is 4.90 Å². The minimum Gasteiger partial charge on any atom is -0.490 e. The van der Waals surface area contributed by atoms with E-state index in [0.29, 0.717) is 43.1 Å². The average Bonchev–Trinajstić information content (AvgIpc) is 3.09. The molecule has 0 aromatic heterocycles. The predicted octanol–water partition coefficient (Wildman–Crippen LogP) is 7.97. The highest BCUT2D eigenvalue weighted by Crippen LogP contribution is 2.39. The van der Waals surface area contributed by atoms with Crippen LogP contribution in [0.1, 0.15) is 23.6 Å². The summed E-state index contributed by atoms with van der Waals surface area (Å²) in [5.74, 6) is 0.708. The molecule has 0 N–H and O–H groups in total. The van der Waals surface area contributed by atoms with Gasteiger partial charge in [-0.1, -0.05) is 69.5 Å². The van der Waals surface area contributed by atoms with Crippen LogP contribution in [-0.4, -0.2) is 22.7 Å². The number of rotatable bonds is 8. The number of carbonyl (C=O) groups excluding carboxylic acids is 2. The first-order valence-electron chi connectivity index (χ1n) is 10.7. The van der Waals surface area contributed by atoms with Gasteiger partial charge in [0.2, 0.25) is 0 Å². The Morgan fingerprint density at radius 2 is 1.71 bits per heavy atom. The molecule has 9 heteroatoms. The molecule has 35 heavy (non-hydrogen) atoms. The maximum Gasteiger partial charge on any atom is 0.293 e. The molecular formula is C26H20BrCl2NO4S. The van der Waals surface area contributed by atoms with Crippen LogP contribution in [0, 0.1) is 0 Å². The first-order valence-corrected chi connectivity index (χ1v) is 13.0. The number of halogens is 3. The van der Waals surface area contributed by atoms with Crippen molar-refractivity contribution in [2.75, 3.05) is 6.61 Å². The van der Waals surface area contributed by atoms with Crippen LogP contribution in [0.3, 0.4) is 0 Å². The first-order chi connectivity index (χ1) is 16.9. The molecule has 1 aliphatic rings. The van der Waals surface area contributed by atoms with E-state index >= 15 is 0 Å². The zero-order valence-corrected chi connectivity index (χ0v) is 22.5. The van der Waals surface area contributed by atoms with Crippen LogP contribution >= 0.6 is 50.9 Å². The van der Waals surface area contributed by atoms with Crippen molar-refractivity contribution in [2.45, 2.75) is 20.1 Å². The molecule has 0 spiro atoms. The average molecular weight is 593 g/mol. The fraction of sp³-hybridized carbons (Fsp3) is 0.154. The molecule has 1 fully saturated rings. The molecule has 5 nitrogen and oxygen atoms in total. The van der Waals surface area contributed by atoms with Gasteiger partial charge in [-0.3, -0.25) is 14.5 Å². The van der Waals surface area contributed by atoms with E-state index in [1.54, 1.807) is 42.5 Å². The second-order valence-electron chi connectivity index (χ2n) is 7.53. The zero-order chi connectivity index (χ0) is 24.9. The molecule has 0 atom stereocenters. The van der Waals surface area contributed by atoms with Crippen LogP contribution in [0.4, 0.5) is 4.79 Å². The van der Waals surface area contributed by atoms with Gasteiger partial charge in [-0.25, -0.2) is 0 Å². The van der Waals surface area contributed by atoms with Crippen molar-refractivity contribution in [2.24, 2.45) is 0 Å². The van der Waals surface area contributed by atoms with Crippen molar-refractivity contribution in [1.82, 2.24) is 4.90 Å². The SMILES string of the molecule is CCOc1cc(/C=C2\SC(=O)N(Cc3ccc(Cl)cc3)C2=O)c(Br)cc1OCc1ccccc1Cl. The summed E-state index contributed by atoms with van der Waals surface area (Å²) in [4.78, 5) is 27.1. The number of amides is 2. The third-order valence-electron chi connectivity index (χ3n) is 5.12. The van der Waals surface area contributed by atoms with Gasteiger partial charge >= 0.3 is 0 Å². The third kappa shape index (κ3) is 6.22. The molecule has 0 bridgehead atoms. The lowest BCUT2D eigenvalue weighted by Crippen LogP contribution is -2.27. The second-order valence-corrected chi connectivity index (χ2v) is 10.2. The van der Waals surface area contributed by atoms with Crippen molar-refractivity contribution in [3.05, 3.63) is 96.8 Å². The Labute approximate surface area is 226 Å². The number of thioether (sulfide) groups is 1. The topological polar surface area (TPSA) is 55.8 Å². The standard InChI is InChI=1S/C26H20BrCl2NO4S/c1-2-33-22-11-18(20(27)13-23(22)34-15-17-5-3-4-6-21(17)29)12-24-25(31)30(26(32)35-24)14-16-7-9-19(28)10-8-16/h3-13H,2,14-15H2,1H3/b24-12-. The molecule has 4 rings (SSSR count). The predicted molar refractivity (Wildman–Crippen MR) is 144 cm³/mol. The Hall–Kier alpha value is -2.45. The molecule has 180 valence electrons. The van der Waals surface area contributed by atoms with Crippen molar-refractivity contribution in [3.63, 3.8) is 0 Å². The highest BCUT2D eigenvalue weighted by Gasteiger charge is 2.35. The first kappa shape index (κ1) is 25.6. The summed E-state index contributed by atoms with van der Waals surface area (Å²) in [6.45, 7) is 2.76. The van der Waals surface area contributed by atoms with Crippen LogP contribution in [0.15, 0.2) is 70.0 Å². The summed E-state index contributed by atoms with van der Waals surface area (Å²) in [6, 6.07) is 18.1. The molecule has 2 amide bonds. The van der Waals surface area contributed by atoms with E-state index in [9.17, 15) is 9.59 Å². The van der Waals surface area contributed by atoms with Crippen LogP contribution in [0.25, 0.3) is 6.08 Å². The van der Waals surface area contributed by atoms with E-state index in [-0.39, 0.29) is 24.3 Å². The zero-order valence-electron chi connectivity index (χ0n) is 18.6. The van der Waals surface area contributed by atoms with Gasteiger partial charge in [-0.15, -0.1) is 0 Å². The van der Waals surface area contributed by atoms with Gasteiger partial charge in [-0.2, -0.15) is 0 Å². The van der Waals surface area contributed by atoms with E-state index < -0.39 is 0 Å². The molecule has 0 unspecified atom stereocenters. The molecule has 0 aliphatic carbocycles. The van der Waals surface area contributed by atoms with Crippen LogP contribution in [0.5, 0.6) is 11.5 Å². The molecule has 1 saturated heterocycles. The lowest BCUT2D eigenvalue weighted by Gasteiger charge is -2.15. The van der Waals surface area contributed by atoms with Crippen LogP contribution in [0.2, 0.25) is 10.0 Å². The van der Waals surface area contributed by atoms with Gasteiger partial charge in [0.15, 0.2) is 11.5 Å². The van der Waals surface area contributed by atoms with Gasteiger partial charge in [-0.05, 0) is 66.2 Å². The highest BCUT2D eigenvalue weighted by atomic mass is 79.9. The Balaban J connectivity index is 1.56. The smallest absolute Gasteiger partial charge is 0.293 e. The van der Waals surface area contributed by atoms with Gasteiger partial charge in [0, 0.05) is 20.1 Å². The van der Waals surface area contributed by atoms with Gasteiger partial charge in [0.25, 0.3) is 11.1 Å². The van der Waals surface area contributed by atoms with E-state index in [0.717, 1.165) is 22.9 Å². The number of carbonyl (C=O) groups is 2. The summed E-state index contributed by atoms with van der Waals surface area (Å²) in [5.41, 5.74) is 2.36. The summed E-state index contributed by atoms with van der Waals surface area (Å²) in [7, 11) is 0. The molecular weight excluding hydrogens is 573 g/mol. The fourth-order valence-electron chi connectivity index (χ4n) is 3.36. The molecule has 1 heterocycles. The van der Waals surface area contributed by atoms with Crippen molar-refractivity contribution in [3.8, 4) is 11.5 Å². The molecule has 3 aromatic carbocycles.